The summed E-state index contributed by atoms with van der Waals surface area (Å²) in [5.74, 6) is -6.95. The van der Waals surface area contributed by atoms with Gasteiger partial charge in [-0.05, 0) is 40.8 Å². The molecule has 0 radical (unpaired) electrons. The van der Waals surface area contributed by atoms with Gasteiger partial charge in [-0.1, -0.05) is 0 Å². The standard InChI is InChI=1S/C21H27IN4O11/c22-13-1-2-15(14(7-13)21(36)37)23-16(27)8-25(10-18(30)31)5-3-24(9-17(28)29)4-6-26(11-19(32)33)12-20(34)35/h1-2,7H,3-6,8-12H2,(H,23,27)(H,28,29)(H,30,31)(H,32,33)(H,34,35)(H,36,37). The minimum absolute atomic E-state index is 0.0256. The van der Waals surface area contributed by atoms with E-state index >= 15 is 0 Å². The second kappa shape index (κ2) is 15.7. The predicted molar refractivity (Wildman–Crippen MR) is 135 cm³/mol. The Morgan fingerprint density at radius 3 is 1.49 bits per heavy atom. The fraction of sp³-hybridized carbons (Fsp3) is 0.429. The number of rotatable bonds is 18. The first-order chi connectivity index (χ1) is 17.3. The van der Waals surface area contributed by atoms with E-state index in [9.17, 15) is 44.1 Å². The number of carboxylic acids is 5. The van der Waals surface area contributed by atoms with Gasteiger partial charge in [0.25, 0.3) is 0 Å². The monoisotopic (exact) mass is 638 g/mol. The molecular weight excluding hydrogens is 611 g/mol. The predicted octanol–water partition coefficient (Wildman–Crippen LogP) is -0.828. The maximum atomic E-state index is 12.5. The van der Waals surface area contributed by atoms with Gasteiger partial charge in [0.05, 0.1) is 44.0 Å². The van der Waals surface area contributed by atoms with Crippen LogP contribution in [0.1, 0.15) is 10.4 Å². The lowest BCUT2D eigenvalue weighted by atomic mass is 10.2. The molecule has 15 nitrogen and oxygen atoms in total. The summed E-state index contributed by atoms with van der Waals surface area (Å²) in [5, 5.41) is 48.1. The Morgan fingerprint density at radius 2 is 1.05 bits per heavy atom. The van der Waals surface area contributed by atoms with Crippen LogP contribution in [0, 0.1) is 3.57 Å². The van der Waals surface area contributed by atoms with E-state index in [4.69, 9.17) is 10.2 Å². The summed E-state index contributed by atoms with van der Waals surface area (Å²) in [4.78, 5) is 72.1. The Labute approximate surface area is 224 Å². The summed E-state index contributed by atoms with van der Waals surface area (Å²) in [7, 11) is 0. The van der Waals surface area contributed by atoms with Crippen molar-refractivity contribution in [3.8, 4) is 0 Å². The third kappa shape index (κ3) is 13.5. The van der Waals surface area contributed by atoms with E-state index in [-0.39, 0.29) is 37.4 Å². The van der Waals surface area contributed by atoms with E-state index in [1.165, 1.54) is 21.9 Å². The zero-order valence-electron chi connectivity index (χ0n) is 19.5. The van der Waals surface area contributed by atoms with E-state index in [1.54, 1.807) is 6.07 Å². The maximum Gasteiger partial charge on any atom is 0.337 e. The largest absolute Gasteiger partial charge is 0.480 e. The van der Waals surface area contributed by atoms with Crippen LogP contribution < -0.4 is 5.32 Å². The highest BCUT2D eigenvalue weighted by Gasteiger charge is 2.20. The maximum absolute atomic E-state index is 12.5. The van der Waals surface area contributed by atoms with Crippen molar-refractivity contribution in [1.29, 1.82) is 0 Å². The van der Waals surface area contributed by atoms with Crippen LogP contribution >= 0.6 is 22.6 Å². The molecule has 0 aromatic heterocycles. The molecule has 6 N–H and O–H groups in total. The van der Waals surface area contributed by atoms with Crippen molar-refractivity contribution in [1.82, 2.24) is 14.7 Å². The summed E-state index contributed by atoms with van der Waals surface area (Å²) >= 11 is 1.91. The van der Waals surface area contributed by atoms with Crippen LogP contribution in [-0.2, 0) is 24.0 Å². The Morgan fingerprint density at radius 1 is 0.649 bits per heavy atom. The Kier molecular flexibility index (Phi) is 13.4. The van der Waals surface area contributed by atoms with Crippen molar-refractivity contribution in [3.05, 3.63) is 27.3 Å². The first-order valence-electron chi connectivity index (χ1n) is 10.6. The number of hydrogen-bond acceptors (Lipinski definition) is 9. The van der Waals surface area contributed by atoms with Crippen LogP contribution in [0.2, 0.25) is 0 Å². The number of nitrogens with one attached hydrogen (secondary N) is 1. The Bertz CT molecular complexity index is 1000. The lowest BCUT2D eigenvalue weighted by Gasteiger charge is -2.27. The van der Waals surface area contributed by atoms with E-state index in [2.05, 4.69) is 5.32 Å². The lowest BCUT2D eigenvalue weighted by molar-refractivity contribution is -0.143. The number of carbonyl (C=O) groups is 6. The molecular formula is C21H27IN4O11. The number of aromatic carboxylic acids is 1. The molecule has 0 unspecified atom stereocenters. The number of halogens is 1. The van der Waals surface area contributed by atoms with E-state index in [1.807, 2.05) is 22.6 Å². The van der Waals surface area contributed by atoms with Gasteiger partial charge in [-0.25, -0.2) is 4.79 Å². The summed E-state index contributed by atoms with van der Waals surface area (Å²) in [6.07, 6.45) is 0. The number of anilines is 1. The van der Waals surface area contributed by atoms with Crippen LogP contribution in [0.5, 0.6) is 0 Å². The van der Waals surface area contributed by atoms with Gasteiger partial charge in [-0.15, -0.1) is 0 Å². The Balaban J connectivity index is 2.87. The van der Waals surface area contributed by atoms with Crippen molar-refractivity contribution < 1.29 is 54.3 Å². The molecule has 0 saturated heterocycles. The van der Waals surface area contributed by atoms with Gasteiger partial charge in [-0.3, -0.25) is 38.7 Å². The third-order valence-electron chi connectivity index (χ3n) is 4.75. The fourth-order valence-electron chi connectivity index (χ4n) is 3.22. The molecule has 204 valence electrons. The number of carbonyl (C=O) groups excluding carboxylic acids is 1. The molecule has 0 spiro atoms. The molecule has 0 fully saturated rings. The number of amides is 1. The topological polar surface area (TPSA) is 225 Å². The van der Waals surface area contributed by atoms with Crippen LogP contribution in [0.15, 0.2) is 18.2 Å². The minimum Gasteiger partial charge on any atom is -0.480 e. The van der Waals surface area contributed by atoms with Crippen molar-refractivity contribution in [2.75, 3.05) is 64.2 Å². The van der Waals surface area contributed by atoms with Gasteiger partial charge in [0.15, 0.2) is 0 Å². The van der Waals surface area contributed by atoms with E-state index < -0.39 is 68.5 Å². The molecule has 1 aromatic carbocycles. The molecule has 0 atom stereocenters. The molecule has 0 bridgehead atoms. The SMILES string of the molecule is O=C(O)CN(CCN(CC(=O)O)CC(=O)O)CCN(CC(=O)O)CC(=O)Nc1ccc(I)cc1C(=O)O. The molecule has 1 rings (SSSR count). The molecule has 0 aliphatic heterocycles. The number of benzene rings is 1. The van der Waals surface area contributed by atoms with Gasteiger partial charge in [0.1, 0.15) is 0 Å². The average molecular weight is 638 g/mol. The highest BCUT2D eigenvalue weighted by atomic mass is 127. The van der Waals surface area contributed by atoms with Crippen molar-refractivity contribution in [2.45, 2.75) is 0 Å². The molecule has 0 aliphatic carbocycles. The average Bonchev–Trinajstić information content (AvgIpc) is 2.74. The number of nitrogens with zero attached hydrogens (tertiary/aromatic N) is 3. The van der Waals surface area contributed by atoms with Crippen LogP contribution in [0.25, 0.3) is 0 Å². The van der Waals surface area contributed by atoms with Crippen LogP contribution in [0.4, 0.5) is 5.69 Å². The quantitative estimate of drug-likeness (QED) is 0.108. The van der Waals surface area contributed by atoms with Crippen molar-refractivity contribution >= 4 is 64.0 Å². The summed E-state index contributed by atoms with van der Waals surface area (Å²) in [6, 6.07) is 4.34. The van der Waals surface area contributed by atoms with Gasteiger partial charge < -0.3 is 30.8 Å². The van der Waals surface area contributed by atoms with Gasteiger partial charge >= 0.3 is 29.8 Å². The molecule has 0 heterocycles. The molecule has 0 aliphatic rings. The lowest BCUT2D eigenvalue weighted by Crippen LogP contribution is -2.46. The molecule has 0 saturated carbocycles. The number of hydrogen-bond donors (Lipinski definition) is 6. The molecule has 37 heavy (non-hydrogen) atoms. The highest BCUT2D eigenvalue weighted by Crippen LogP contribution is 2.19. The summed E-state index contributed by atoms with van der Waals surface area (Å²) in [5.41, 5.74) is -0.123. The zero-order valence-corrected chi connectivity index (χ0v) is 21.7. The molecule has 16 heteroatoms. The normalized spacial score (nSPS) is 11.0. The van der Waals surface area contributed by atoms with Crippen LogP contribution in [0.3, 0.4) is 0 Å². The van der Waals surface area contributed by atoms with Gasteiger partial charge in [-0.2, -0.15) is 0 Å². The third-order valence-corrected chi connectivity index (χ3v) is 5.42. The van der Waals surface area contributed by atoms with E-state index in [0.29, 0.717) is 3.57 Å². The molecule has 1 amide bonds. The Hall–Kier alpha value is -3.35. The number of carboxylic acid groups (broad SMARTS) is 5. The first kappa shape index (κ1) is 31.7. The van der Waals surface area contributed by atoms with Crippen molar-refractivity contribution in [3.63, 3.8) is 0 Å². The fourth-order valence-corrected chi connectivity index (χ4v) is 3.72. The second-order valence-corrected chi connectivity index (χ2v) is 9.06. The number of aliphatic carboxylic acids is 4. The highest BCUT2D eigenvalue weighted by molar-refractivity contribution is 14.1. The van der Waals surface area contributed by atoms with Gasteiger partial charge in [0.2, 0.25) is 5.91 Å². The van der Waals surface area contributed by atoms with Gasteiger partial charge in [0, 0.05) is 29.7 Å². The summed E-state index contributed by atoms with van der Waals surface area (Å²) in [6.45, 7) is -2.90. The van der Waals surface area contributed by atoms with Crippen molar-refractivity contribution in [2.24, 2.45) is 0 Å². The van der Waals surface area contributed by atoms with Crippen LogP contribution in [-0.4, -0.2) is 135 Å². The van der Waals surface area contributed by atoms with E-state index in [0.717, 1.165) is 4.90 Å². The first-order valence-corrected chi connectivity index (χ1v) is 11.7. The second-order valence-electron chi connectivity index (χ2n) is 7.82. The summed E-state index contributed by atoms with van der Waals surface area (Å²) < 4.78 is 0.629. The zero-order chi connectivity index (χ0) is 28.1. The molecule has 1 aromatic rings. The smallest absolute Gasteiger partial charge is 0.337 e. The minimum atomic E-state index is -1.26.